The van der Waals surface area contributed by atoms with Gasteiger partial charge in [0.15, 0.2) is 0 Å². The zero-order chi connectivity index (χ0) is 13.8. The summed E-state index contributed by atoms with van der Waals surface area (Å²) in [5, 5.41) is 0. The minimum absolute atomic E-state index is 0.0288. The van der Waals surface area contributed by atoms with Gasteiger partial charge >= 0.3 is 0 Å². The van der Waals surface area contributed by atoms with Crippen LogP contribution < -0.4 is 0 Å². The molecule has 0 unspecified atom stereocenters. The van der Waals surface area contributed by atoms with Crippen molar-refractivity contribution in [2.24, 2.45) is 5.92 Å². The topological polar surface area (TPSA) is 23.6 Å². The van der Waals surface area contributed by atoms with Gasteiger partial charge in [-0.2, -0.15) is 0 Å². The van der Waals surface area contributed by atoms with Crippen molar-refractivity contribution in [1.29, 1.82) is 0 Å². The molecular weight excluding hydrogens is 243 g/mol. The van der Waals surface area contributed by atoms with Gasteiger partial charge in [0.05, 0.1) is 0 Å². The van der Waals surface area contributed by atoms with E-state index in [4.69, 9.17) is 0 Å². The smallest absolute Gasteiger partial charge is 0.253 e. The molecule has 0 N–H and O–H groups in total. The predicted octanol–water partition coefficient (Wildman–Crippen LogP) is 2.24. The van der Waals surface area contributed by atoms with Crippen LogP contribution in [0.15, 0.2) is 24.3 Å². The third kappa shape index (κ3) is 3.77. The van der Waals surface area contributed by atoms with E-state index in [1.165, 1.54) is 12.1 Å². The molecule has 0 atom stereocenters. The van der Waals surface area contributed by atoms with Crippen LogP contribution in [0.25, 0.3) is 0 Å². The summed E-state index contributed by atoms with van der Waals surface area (Å²) in [5.74, 6) is 0.235. The number of benzene rings is 1. The zero-order valence-electron chi connectivity index (χ0n) is 11.6. The zero-order valence-corrected chi connectivity index (χ0v) is 11.6. The number of carbonyl (C=O) groups excluding carboxylic acids is 1. The van der Waals surface area contributed by atoms with E-state index < -0.39 is 0 Å². The number of likely N-dealkylation sites (tertiary alicyclic amines) is 1. The second-order valence-electron chi connectivity index (χ2n) is 5.44. The van der Waals surface area contributed by atoms with Crippen molar-refractivity contribution < 1.29 is 9.18 Å². The number of piperidine rings is 1. The number of carbonyl (C=O) groups is 1. The largest absolute Gasteiger partial charge is 0.341 e. The molecule has 4 heteroatoms. The Morgan fingerprint density at radius 3 is 2.47 bits per heavy atom. The summed E-state index contributed by atoms with van der Waals surface area (Å²) in [7, 11) is 3.95. The first-order valence-corrected chi connectivity index (χ1v) is 6.76. The highest BCUT2D eigenvalue weighted by atomic mass is 19.1. The third-order valence-corrected chi connectivity index (χ3v) is 3.81. The SMILES string of the molecule is CN1CCC(CN(C)C(=O)c2ccc(F)cc2)CC1. The Hall–Kier alpha value is -1.42. The number of rotatable bonds is 3. The van der Waals surface area contributed by atoms with Gasteiger partial charge in [-0.05, 0) is 63.2 Å². The van der Waals surface area contributed by atoms with Crippen molar-refractivity contribution >= 4 is 5.91 Å². The maximum Gasteiger partial charge on any atom is 0.253 e. The molecule has 0 saturated carbocycles. The third-order valence-electron chi connectivity index (χ3n) is 3.81. The molecule has 0 aromatic heterocycles. The molecule has 0 spiro atoms. The standard InChI is InChI=1S/C15H21FN2O/c1-17-9-7-12(8-10-17)11-18(2)15(19)13-3-5-14(16)6-4-13/h3-6,12H,7-11H2,1-2H3. The quantitative estimate of drug-likeness (QED) is 0.836. The molecule has 1 amide bonds. The van der Waals surface area contributed by atoms with Crippen molar-refractivity contribution in [2.45, 2.75) is 12.8 Å². The normalized spacial score (nSPS) is 17.4. The fourth-order valence-electron chi connectivity index (χ4n) is 2.53. The highest BCUT2D eigenvalue weighted by Crippen LogP contribution is 2.17. The molecule has 1 fully saturated rings. The number of halogens is 1. The Morgan fingerprint density at radius 2 is 1.89 bits per heavy atom. The van der Waals surface area contributed by atoms with E-state index in [0.29, 0.717) is 11.5 Å². The summed E-state index contributed by atoms with van der Waals surface area (Å²) >= 11 is 0. The molecule has 1 aliphatic rings. The minimum Gasteiger partial charge on any atom is -0.341 e. The van der Waals surface area contributed by atoms with Crippen molar-refractivity contribution in [1.82, 2.24) is 9.80 Å². The summed E-state index contributed by atoms with van der Waals surface area (Å²) in [6.45, 7) is 2.98. The Bertz CT molecular complexity index is 424. The Kier molecular flexibility index (Phi) is 4.53. The number of hydrogen-bond acceptors (Lipinski definition) is 2. The van der Waals surface area contributed by atoms with Crippen LogP contribution in [-0.2, 0) is 0 Å². The first kappa shape index (κ1) is 14.0. The molecule has 2 rings (SSSR count). The Balaban J connectivity index is 1.90. The first-order chi connectivity index (χ1) is 9.06. The van der Waals surface area contributed by atoms with Crippen LogP contribution >= 0.6 is 0 Å². The lowest BCUT2D eigenvalue weighted by atomic mass is 9.96. The van der Waals surface area contributed by atoms with Crippen molar-refractivity contribution in [3.8, 4) is 0 Å². The second kappa shape index (κ2) is 6.15. The second-order valence-corrected chi connectivity index (χ2v) is 5.44. The molecule has 1 heterocycles. The Morgan fingerprint density at radius 1 is 1.32 bits per heavy atom. The first-order valence-electron chi connectivity index (χ1n) is 6.76. The Labute approximate surface area is 114 Å². The van der Waals surface area contributed by atoms with Crippen molar-refractivity contribution in [3.63, 3.8) is 0 Å². The van der Waals surface area contributed by atoms with Crippen molar-refractivity contribution in [2.75, 3.05) is 33.7 Å². The van der Waals surface area contributed by atoms with Gasteiger partial charge in [0.25, 0.3) is 5.91 Å². The van der Waals surface area contributed by atoms with Gasteiger partial charge in [0.2, 0.25) is 0 Å². The van der Waals surface area contributed by atoms with Gasteiger partial charge in [0, 0.05) is 19.2 Å². The van der Waals surface area contributed by atoms with Crippen LogP contribution in [-0.4, -0.2) is 49.4 Å². The van der Waals surface area contributed by atoms with E-state index in [-0.39, 0.29) is 11.7 Å². The van der Waals surface area contributed by atoms with E-state index >= 15 is 0 Å². The fraction of sp³-hybridized carbons (Fsp3) is 0.533. The monoisotopic (exact) mass is 264 g/mol. The average molecular weight is 264 g/mol. The van der Waals surface area contributed by atoms with Crippen LogP contribution in [0, 0.1) is 11.7 Å². The molecule has 1 aliphatic heterocycles. The molecule has 3 nitrogen and oxygen atoms in total. The fourth-order valence-corrected chi connectivity index (χ4v) is 2.53. The van der Waals surface area contributed by atoms with Crippen molar-refractivity contribution in [3.05, 3.63) is 35.6 Å². The maximum absolute atomic E-state index is 12.8. The van der Waals surface area contributed by atoms with E-state index in [2.05, 4.69) is 11.9 Å². The summed E-state index contributed by atoms with van der Waals surface area (Å²) in [4.78, 5) is 16.3. The van der Waals surface area contributed by atoms with Crippen LogP contribution in [0.5, 0.6) is 0 Å². The minimum atomic E-state index is -0.311. The summed E-state index contributed by atoms with van der Waals surface area (Å²) in [5.41, 5.74) is 0.553. The van der Waals surface area contributed by atoms with E-state index in [1.807, 2.05) is 7.05 Å². The van der Waals surface area contributed by atoms with Crippen LogP contribution in [0.1, 0.15) is 23.2 Å². The molecular formula is C15H21FN2O. The number of hydrogen-bond donors (Lipinski definition) is 0. The lowest BCUT2D eigenvalue weighted by molar-refractivity contribution is 0.0747. The average Bonchev–Trinajstić information content (AvgIpc) is 2.41. The molecule has 19 heavy (non-hydrogen) atoms. The molecule has 0 bridgehead atoms. The van der Waals surface area contributed by atoms with Gasteiger partial charge < -0.3 is 9.80 Å². The molecule has 1 saturated heterocycles. The van der Waals surface area contributed by atoms with Gasteiger partial charge in [-0.3, -0.25) is 4.79 Å². The summed E-state index contributed by atoms with van der Waals surface area (Å²) in [6.07, 6.45) is 2.27. The molecule has 0 aliphatic carbocycles. The van der Waals surface area contributed by atoms with Crippen LogP contribution in [0.3, 0.4) is 0 Å². The van der Waals surface area contributed by atoms with Gasteiger partial charge in [-0.1, -0.05) is 0 Å². The van der Waals surface area contributed by atoms with Gasteiger partial charge in [-0.25, -0.2) is 4.39 Å². The number of amides is 1. The highest BCUT2D eigenvalue weighted by molar-refractivity contribution is 5.94. The maximum atomic E-state index is 12.8. The highest BCUT2D eigenvalue weighted by Gasteiger charge is 2.20. The lowest BCUT2D eigenvalue weighted by Gasteiger charge is -2.31. The van der Waals surface area contributed by atoms with Gasteiger partial charge in [0.1, 0.15) is 5.82 Å². The molecule has 1 aromatic carbocycles. The lowest BCUT2D eigenvalue weighted by Crippen LogP contribution is -2.37. The van der Waals surface area contributed by atoms with Gasteiger partial charge in [-0.15, -0.1) is 0 Å². The summed E-state index contributed by atoms with van der Waals surface area (Å²) < 4.78 is 12.8. The molecule has 104 valence electrons. The summed E-state index contributed by atoms with van der Waals surface area (Å²) in [6, 6.07) is 5.75. The van der Waals surface area contributed by atoms with Crippen LogP contribution in [0.4, 0.5) is 4.39 Å². The number of nitrogens with zero attached hydrogens (tertiary/aromatic N) is 2. The predicted molar refractivity (Wildman–Crippen MR) is 73.6 cm³/mol. The van der Waals surface area contributed by atoms with E-state index in [1.54, 1.807) is 17.0 Å². The van der Waals surface area contributed by atoms with E-state index in [9.17, 15) is 9.18 Å². The molecule has 0 radical (unpaired) electrons. The van der Waals surface area contributed by atoms with E-state index in [0.717, 1.165) is 32.5 Å². The molecule has 1 aromatic rings. The van der Waals surface area contributed by atoms with Crippen LogP contribution in [0.2, 0.25) is 0 Å².